The molecule has 2 aliphatic heterocycles. The molecule has 164 valence electrons. The van der Waals surface area contributed by atoms with Gasteiger partial charge in [-0.05, 0) is 67.1 Å². The van der Waals surface area contributed by atoms with Gasteiger partial charge in [-0.3, -0.25) is 9.69 Å². The SMILES string of the molecule is Cl.O=C1COc2ccc(CCCCN3CCN(c4cccc5sccc45)CC3)cc2N1. The smallest absolute Gasteiger partial charge is 0.262 e. The van der Waals surface area contributed by atoms with Crippen LogP contribution in [0.15, 0.2) is 47.8 Å². The topological polar surface area (TPSA) is 44.8 Å². The first-order valence-electron chi connectivity index (χ1n) is 10.8. The summed E-state index contributed by atoms with van der Waals surface area (Å²) in [5.41, 5.74) is 3.45. The Morgan fingerprint density at radius 1 is 1.03 bits per heavy atom. The Kier molecular flexibility index (Phi) is 7.00. The molecule has 3 heterocycles. The lowest BCUT2D eigenvalue weighted by atomic mass is 10.1. The zero-order valence-corrected chi connectivity index (χ0v) is 19.1. The van der Waals surface area contributed by atoms with Crippen molar-refractivity contribution in [3.63, 3.8) is 0 Å². The van der Waals surface area contributed by atoms with Gasteiger partial charge in [0.15, 0.2) is 6.61 Å². The fourth-order valence-electron chi connectivity index (χ4n) is 4.42. The predicted molar refractivity (Wildman–Crippen MR) is 131 cm³/mol. The predicted octanol–water partition coefficient (Wildman–Crippen LogP) is 4.80. The number of piperazine rings is 1. The number of anilines is 2. The highest BCUT2D eigenvalue weighted by Crippen LogP contribution is 2.31. The van der Waals surface area contributed by atoms with E-state index in [0.29, 0.717) is 0 Å². The largest absolute Gasteiger partial charge is 0.482 e. The number of aryl methyl sites for hydroxylation is 1. The average molecular weight is 458 g/mol. The molecule has 0 bridgehead atoms. The summed E-state index contributed by atoms with van der Waals surface area (Å²) >= 11 is 1.82. The molecule has 1 N–H and O–H groups in total. The lowest BCUT2D eigenvalue weighted by Crippen LogP contribution is -2.46. The van der Waals surface area contributed by atoms with Crippen LogP contribution in [-0.2, 0) is 11.2 Å². The molecule has 1 saturated heterocycles. The fraction of sp³-hybridized carbons (Fsp3) is 0.375. The third-order valence-electron chi connectivity index (χ3n) is 6.05. The number of carbonyl (C=O) groups is 1. The van der Waals surface area contributed by atoms with Crippen LogP contribution >= 0.6 is 23.7 Å². The van der Waals surface area contributed by atoms with Gasteiger partial charge in [-0.15, -0.1) is 23.7 Å². The molecule has 5 rings (SSSR count). The summed E-state index contributed by atoms with van der Waals surface area (Å²) < 4.78 is 6.81. The lowest BCUT2D eigenvalue weighted by molar-refractivity contribution is -0.118. The monoisotopic (exact) mass is 457 g/mol. The second kappa shape index (κ2) is 9.90. The molecule has 0 aliphatic carbocycles. The standard InChI is InChI=1S/C24H27N3O2S.ClH/c28-24-17-29-22-8-7-18(16-20(22)25-24)4-1-2-10-26-11-13-27(14-12-26)21-5-3-6-23-19(21)9-15-30-23;/h3,5-9,15-16H,1-2,4,10-14,17H2,(H,25,28);1H. The van der Waals surface area contributed by atoms with Crippen molar-refractivity contribution >= 4 is 51.1 Å². The van der Waals surface area contributed by atoms with Crippen molar-refractivity contribution in [2.24, 2.45) is 0 Å². The third kappa shape index (κ3) is 4.97. The number of benzene rings is 2. The minimum Gasteiger partial charge on any atom is -0.482 e. The average Bonchev–Trinajstić information content (AvgIpc) is 3.26. The molecule has 1 amide bonds. The Bertz CT molecular complexity index is 1050. The highest BCUT2D eigenvalue weighted by atomic mass is 35.5. The van der Waals surface area contributed by atoms with Gasteiger partial charge in [0, 0.05) is 42.0 Å². The van der Waals surface area contributed by atoms with E-state index in [0.717, 1.165) is 57.0 Å². The molecule has 5 nitrogen and oxygen atoms in total. The number of fused-ring (bicyclic) bond motifs is 2. The molecule has 0 radical (unpaired) electrons. The number of unbranched alkanes of at least 4 members (excludes halogenated alkanes) is 1. The number of ether oxygens (including phenoxy) is 1. The van der Waals surface area contributed by atoms with Crippen molar-refractivity contribution < 1.29 is 9.53 Å². The molecule has 0 atom stereocenters. The Morgan fingerprint density at radius 3 is 2.77 bits per heavy atom. The van der Waals surface area contributed by atoms with Gasteiger partial charge < -0.3 is 15.0 Å². The highest BCUT2D eigenvalue weighted by molar-refractivity contribution is 7.17. The Morgan fingerprint density at radius 2 is 1.90 bits per heavy atom. The molecule has 2 aromatic carbocycles. The lowest BCUT2D eigenvalue weighted by Gasteiger charge is -2.36. The Hall–Kier alpha value is -2.28. The molecule has 1 aromatic heterocycles. The van der Waals surface area contributed by atoms with Crippen LogP contribution in [0.2, 0.25) is 0 Å². The Balaban J connectivity index is 0.00000231. The van der Waals surface area contributed by atoms with Crippen LogP contribution < -0.4 is 15.0 Å². The quantitative estimate of drug-likeness (QED) is 0.540. The molecule has 0 unspecified atom stereocenters. The van der Waals surface area contributed by atoms with Crippen LogP contribution in [0, 0.1) is 0 Å². The zero-order chi connectivity index (χ0) is 20.3. The maximum absolute atomic E-state index is 11.5. The van der Waals surface area contributed by atoms with E-state index >= 15 is 0 Å². The van der Waals surface area contributed by atoms with E-state index in [9.17, 15) is 4.79 Å². The number of nitrogens with one attached hydrogen (secondary N) is 1. The van der Waals surface area contributed by atoms with Crippen LogP contribution in [0.5, 0.6) is 5.75 Å². The van der Waals surface area contributed by atoms with Crippen LogP contribution in [0.3, 0.4) is 0 Å². The normalized spacial score (nSPS) is 16.4. The van der Waals surface area contributed by atoms with E-state index in [4.69, 9.17) is 4.74 Å². The number of rotatable bonds is 6. The van der Waals surface area contributed by atoms with Gasteiger partial charge in [-0.1, -0.05) is 12.1 Å². The van der Waals surface area contributed by atoms with E-state index in [1.807, 2.05) is 17.4 Å². The molecule has 31 heavy (non-hydrogen) atoms. The fourth-order valence-corrected chi connectivity index (χ4v) is 5.22. The molecule has 3 aromatic rings. The maximum atomic E-state index is 11.5. The van der Waals surface area contributed by atoms with Crippen LogP contribution in [-0.4, -0.2) is 50.1 Å². The van der Waals surface area contributed by atoms with Crippen LogP contribution in [0.4, 0.5) is 11.4 Å². The zero-order valence-electron chi connectivity index (χ0n) is 17.5. The van der Waals surface area contributed by atoms with Crippen molar-refractivity contribution in [2.45, 2.75) is 19.3 Å². The summed E-state index contributed by atoms with van der Waals surface area (Å²) in [5, 5.41) is 6.47. The first-order chi connectivity index (χ1) is 14.8. The summed E-state index contributed by atoms with van der Waals surface area (Å²) in [6.45, 7) is 5.72. The second-order valence-corrected chi connectivity index (χ2v) is 9.01. The molecular weight excluding hydrogens is 430 g/mol. The van der Waals surface area contributed by atoms with E-state index in [-0.39, 0.29) is 24.9 Å². The highest BCUT2D eigenvalue weighted by Gasteiger charge is 2.19. The van der Waals surface area contributed by atoms with E-state index in [1.165, 1.54) is 27.8 Å². The van der Waals surface area contributed by atoms with Crippen LogP contribution in [0.25, 0.3) is 10.1 Å². The van der Waals surface area contributed by atoms with Crippen molar-refractivity contribution in [3.05, 3.63) is 53.4 Å². The number of halogens is 1. The van der Waals surface area contributed by atoms with Crippen molar-refractivity contribution in [1.29, 1.82) is 0 Å². The molecule has 7 heteroatoms. The van der Waals surface area contributed by atoms with E-state index < -0.39 is 0 Å². The van der Waals surface area contributed by atoms with Gasteiger partial charge in [0.05, 0.1) is 5.69 Å². The van der Waals surface area contributed by atoms with Gasteiger partial charge in [0.1, 0.15) is 5.75 Å². The number of hydrogen-bond donors (Lipinski definition) is 1. The molecule has 2 aliphatic rings. The molecule has 0 saturated carbocycles. The first kappa shape index (κ1) is 21.9. The van der Waals surface area contributed by atoms with Crippen molar-refractivity contribution in [2.75, 3.05) is 49.5 Å². The minimum atomic E-state index is -0.0750. The van der Waals surface area contributed by atoms with Gasteiger partial charge in [0.25, 0.3) is 5.91 Å². The second-order valence-electron chi connectivity index (χ2n) is 8.06. The summed E-state index contributed by atoms with van der Waals surface area (Å²) in [6.07, 6.45) is 3.38. The molecular formula is C24H28ClN3O2S. The molecule has 0 spiro atoms. The summed E-state index contributed by atoms with van der Waals surface area (Å²) in [6, 6.07) is 15.0. The van der Waals surface area contributed by atoms with Gasteiger partial charge in [0.2, 0.25) is 0 Å². The molecule has 1 fully saturated rings. The number of carbonyl (C=O) groups excluding carboxylic acids is 1. The minimum absolute atomic E-state index is 0. The number of amides is 1. The van der Waals surface area contributed by atoms with Crippen molar-refractivity contribution in [1.82, 2.24) is 4.90 Å². The number of hydrogen-bond acceptors (Lipinski definition) is 5. The Labute approximate surface area is 193 Å². The summed E-state index contributed by atoms with van der Waals surface area (Å²) in [5.74, 6) is 0.698. The van der Waals surface area contributed by atoms with E-state index in [2.05, 4.69) is 56.9 Å². The first-order valence-corrected chi connectivity index (χ1v) is 11.6. The van der Waals surface area contributed by atoms with Gasteiger partial charge in [-0.25, -0.2) is 0 Å². The van der Waals surface area contributed by atoms with Crippen molar-refractivity contribution in [3.8, 4) is 5.75 Å². The summed E-state index contributed by atoms with van der Waals surface area (Å²) in [7, 11) is 0. The number of nitrogens with zero attached hydrogens (tertiary/aromatic N) is 2. The maximum Gasteiger partial charge on any atom is 0.262 e. The van der Waals surface area contributed by atoms with Gasteiger partial charge >= 0.3 is 0 Å². The summed E-state index contributed by atoms with van der Waals surface area (Å²) in [4.78, 5) is 16.6. The van der Waals surface area contributed by atoms with Gasteiger partial charge in [-0.2, -0.15) is 0 Å². The van der Waals surface area contributed by atoms with Crippen LogP contribution in [0.1, 0.15) is 18.4 Å². The number of thiophene rings is 1. The van der Waals surface area contributed by atoms with E-state index in [1.54, 1.807) is 0 Å². The third-order valence-corrected chi connectivity index (χ3v) is 6.93.